The average Bonchev–Trinajstić information content (AvgIpc) is 3.27. The van der Waals surface area contributed by atoms with E-state index < -0.39 is 5.82 Å². The topological polar surface area (TPSA) is 78.5 Å². The maximum Gasteiger partial charge on any atom is 0.253 e. The molecule has 1 amide bonds. The second-order valence-electron chi connectivity index (χ2n) is 6.09. The number of para-hydroxylation sites is 1. The van der Waals surface area contributed by atoms with Gasteiger partial charge in [-0.25, -0.2) is 9.07 Å². The predicted octanol–water partition coefficient (Wildman–Crippen LogP) is 3.52. The van der Waals surface area contributed by atoms with E-state index in [9.17, 15) is 9.18 Å². The van der Waals surface area contributed by atoms with Crippen molar-refractivity contribution >= 4 is 29.2 Å². The quantitative estimate of drug-likeness (QED) is 0.463. The third-order valence-electron chi connectivity index (χ3n) is 4.19. The lowest BCUT2D eigenvalue weighted by Gasteiger charge is -2.06. The summed E-state index contributed by atoms with van der Waals surface area (Å²) in [5, 5.41) is 7.15. The van der Waals surface area contributed by atoms with E-state index in [0.29, 0.717) is 28.8 Å². The van der Waals surface area contributed by atoms with Crippen LogP contribution in [-0.2, 0) is 6.42 Å². The molecule has 0 radical (unpaired) electrons. The summed E-state index contributed by atoms with van der Waals surface area (Å²) in [6.45, 7) is 0.405. The highest BCUT2D eigenvalue weighted by molar-refractivity contribution is 7.71. The van der Waals surface area contributed by atoms with Gasteiger partial charge in [0.25, 0.3) is 5.91 Å². The molecule has 0 aliphatic heterocycles. The van der Waals surface area contributed by atoms with E-state index in [-0.39, 0.29) is 11.5 Å². The van der Waals surface area contributed by atoms with Crippen LogP contribution in [0.25, 0.3) is 16.7 Å². The number of imidazole rings is 1. The molecular weight excluding hydrogens is 365 g/mol. The van der Waals surface area contributed by atoms with Gasteiger partial charge in [0.15, 0.2) is 4.77 Å². The minimum atomic E-state index is -0.498. The molecule has 4 rings (SSSR count). The van der Waals surface area contributed by atoms with Gasteiger partial charge in [-0.3, -0.25) is 4.79 Å². The zero-order valence-electron chi connectivity index (χ0n) is 14.2. The van der Waals surface area contributed by atoms with Crippen molar-refractivity contribution in [2.45, 2.75) is 6.42 Å². The normalized spacial score (nSPS) is 11.0. The summed E-state index contributed by atoms with van der Waals surface area (Å²) in [4.78, 5) is 18.2. The second kappa shape index (κ2) is 7.16. The number of nitrogens with zero attached hydrogens (tertiary/aromatic N) is 2. The fourth-order valence-electron chi connectivity index (χ4n) is 2.91. The van der Waals surface area contributed by atoms with Gasteiger partial charge in [0, 0.05) is 12.7 Å². The van der Waals surface area contributed by atoms with Crippen molar-refractivity contribution < 1.29 is 9.18 Å². The van der Waals surface area contributed by atoms with Gasteiger partial charge in [-0.15, -0.1) is 0 Å². The second-order valence-corrected chi connectivity index (χ2v) is 6.50. The molecule has 2 aromatic heterocycles. The SMILES string of the molecule is O=C(NCCc1cnn(-c2ccccc2)c1)c1cc(F)cc2[nH]c(=S)[nH]c12. The first-order valence-corrected chi connectivity index (χ1v) is 8.80. The van der Waals surface area contributed by atoms with Gasteiger partial charge in [-0.1, -0.05) is 18.2 Å². The molecule has 0 unspecified atom stereocenters. The summed E-state index contributed by atoms with van der Waals surface area (Å²) in [7, 11) is 0. The van der Waals surface area contributed by atoms with Crippen LogP contribution in [0.5, 0.6) is 0 Å². The van der Waals surface area contributed by atoms with Crippen LogP contribution in [0, 0.1) is 10.6 Å². The summed E-state index contributed by atoms with van der Waals surface area (Å²) in [5.74, 6) is -0.859. The number of nitrogens with one attached hydrogen (secondary N) is 3. The largest absolute Gasteiger partial charge is 0.352 e. The zero-order chi connectivity index (χ0) is 18.8. The molecule has 0 saturated heterocycles. The first kappa shape index (κ1) is 17.2. The molecule has 27 heavy (non-hydrogen) atoms. The molecular formula is C19H16FN5OS. The Bertz CT molecular complexity index is 1160. The zero-order valence-corrected chi connectivity index (χ0v) is 15.0. The van der Waals surface area contributed by atoms with Crippen molar-refractivity contribution in [1.29, 1.82) is 0 Å². The highest BCUT2D eigenvalue weighted by Crippen LogP contribution is 2.18. The summed E-state index contributed by atoms with van der Waals surface area (Å²) >= 11 is 5.02. The van der Waals surface area contributed by atoms with Crippen LogP contribution in [0.3, 0.4) is 0 Å². The number of amides is 1. The lowest BCUT2D eigenvalue weighted by atomic mass is 10.1. The van der Waals surface area contributed by atoms with Crippen LogP contribution in [0.15, 0.2) is 54.9 Å². The van der Waals surface area contributed by atoms with Crippen LogP contribution in [-0.4, -0.2) is 32.2 Å². The van der Waals surface area contributed by atoms with Gasteiger partial charge < -0.3 is 15.3 Å². The van der Waals surface area contributed by atoms with Gasteiger partial charge in [0.2, 0.25) is 0 Å². The van der Waals surface area contributed by atoms with Crippen molar-refractivity contribution in [3.63, 3.8) is 0 Å². The van der Waals surface area contributed by atoms with E-state index in [0.717, 1.165) is 11.3 Å². The molecule has 0 atom stereocenters. The monoisotopic (exact) mass is 381 g/mol. The van der Waals surface area contributed by atoms with Crippen molar-refractivity contribution in [3.05, 3.63) is 76.6 Å². The number of benzene rings is 2. The molecule has 0 fully saturated rings. The Hall–Kier alpha value is -3.26. The molecule has 8 heteroatoms. The van der Waals surface area contributed by atoms with Crippen molar-refractivity contribution in [1.82, 2.24) is 25.1 Å². The maximum atomic E-state index is 13.8. The Morgan fingerprint density at radius 2 is 2.04 bits per heavy atom. The summed E-state index contributed by atoms with van der Waals surface area (Å²) in [6.07, 6.45) is 4.30. The average molecular weight is 381 g/mol. The van der Waals surface area contributed by atoms with Crippen molar-refractivity contribution in [2.75, 3.05) is 6.54 Å². The van der Waals surface area contributed by atoms with E-state index in [1.165, 1.54) is 12.1 Å². The molecule has 2 heterocycles. The first-order valence-electron chi connectivity index (χ1n) is 8.39. The van der Waals surface area contributed by atoms with Crippen LogP contribution in [0.2, 0.25) is 0 Å². The van der Waals surface area contributed by atoms with Crippen LogP contribution in [0.1, 0.15) is 15.9 Å². The van der Waals surface area contributed by atoms with Gasteiger partial charge >= 0.3 is 0 Å². The van der Waals surface area contributed by atoms with Gasteiger partial charge in [-0.2, -0.15) is 5.10 Å². The van der Waals surface area contributed by atoms with E-state index in [4.69, 9.17) is 12.2 Å². The third kappa shape index (κ3) is 3.65. The van der Waals surface area contributed by atoms with E-state index >= 15 is 0 Å². The molecule has 0 spiro atoms. The Morgan fingerprint density at radius 1 is 1.22 bits per heavy atom. The van der Waals surface area contributed by atoms with Crippen molar-refractivity contribution in [3.8, 4) is 5.69 Å². The number of H-pyrrole nitrogens is 2. The Labute approximate surface area is 159 Å². The van der Waals surface area contributed by atoms with Crippen LogP contribution < -0.4 is 5.32 Å². The number of fused-ring (bicyclic) bond motifs is 1. The number of hydrogen-bond acceptors (Lipinski definition) is 3. The van der Waals surface area contributed by atoms with Gasteiger partial charge in [0.05, 0.1) is 28.5 Å². The fourth-order valence-corrected chi connectivity index (χ4v) is 3.13. The number of rotatable bonds is 5. The van der Waals surface area contributed by atoms with E-state index in [1.807, 2.05) is 36.5 Å². The molecule has 0 aliphatic carbocycles. The Balaban J connectivity index is 1.43. The van der Waals surface area contributed by atoms with E-state index in [1.54, 1.807) is 10.9 Å². The lowest BCUT2D eigenvalue weighted by Crippen LogP contribution is -2.26. The predicted molar refractivity (Wildman–Crippen MR) is 103 cm³/mol. The minimum absolute atomic E-state index is 0.220. The molecule has 0 aliphatic rings. The third-order valence-corrected chi connectivity index (χ3v) is 4.39. The Morgan fingerprint density at radius 3 is 2.85 bits per heavy atom. The number of aromatic nitrogens is 4. The molecule has 3 N–H and O–H groups in total. The number of carbonyl (C=O) groups is 1. The van der Waals surface area contributed by atoms with Crippen molar-refractivity contribution in [2.24, 2.45) is 0 Å². The first-order chi connectivity index (χ1) is 13.1. The molecule has 4 aromatic rings. The summed E-state index contributed by atoms with van der Waals surface area (Å²) < 4.78 is 15.9. The molecule has 0 saturated carbocycles. The molecule has 2 aromatic carbocycles. The smallest absolute Gasteiger partial charge is 0.253 e. The number of halogens is 1. The number of carbonyl (C=O) groups excluding carboxylic acids is 1. The summed E-state index contributed by atoms with van der Waals surface area (Å²) in [5.41, 5.74) is 3.14. The highest BCUT2D eigenvalue weighted by atomic mass is 32.1. The molecule has 136 valence electrons. The standard InChI is InChI=1S/C19H16FN5OS/c20-13-8-15(17-16(9-13)23-19(27)24-17)18(26)21-7-6-12-10-22-25(11-12)14-4-2-1-3-5-14/h1-5,8-11H,6-7H2,(H,21,26)(H2,23,24,27). The van der Waals surface area contributed by atoms with E-state index in [2.05, 4.69) is 20.4 Å². The highest BCUT2D eigenvalue weighted by Gasteiger charge is 2.14. The van der Waals surface area contributed by atoms with Crippen LogP contribution >= 0.6 is 12.2 Å². The molecule has 0 bridgehead atoms. The minimum Gasteiger partial charge on any atom is -0.352 e. The van der Waals surface area contributed by atoms with Gasteiger partial charge in [0.1, 0.15) is 5.82 Å². The maximum absolute atomic E-state index is 13.8. The van der Waals surface area contributed by atoms with Gasteiger partial charge in [-0.05, 0) is 48.5 Å². The number of aromatic amines is 2. The summed E-state index contributed by atoms with van der Waals surface area (Å²) in [6, 6.07) is 12.3. The number of hydrogen-bond donors (Lipinski definition) is 3. The fraction of sp³-hybridized carbons (Fsp3) is 0.105. The molecule has 6 nitrogen and oxygen atoms in total. The van der Waals surface area contributed by atoms with Crippen LogP contribution in [0.4, 0.5) is 4.39 Å². The lowest BCUT2D eigenvalue weighted by molar-refractivity contribution is 0.0955. The Kier molecular flexibility index (Phi) is 4.55.